The molecule has 1 aromatic carbocycles. The summed E-state index contributed by atoms with van der Waals surface area (Å²) in [6.45, 7) is 0.610. The van der Waals surface area contributed by atoms with Gasteiger partial charge in [-0.3, -0.25) is 10.1 Å². The van der Waals surface area contributed by atoms with Crippen LogP contribution in [-0.4, -0.2) is 26.0 Å². The predicted octanol–water partition coefficient (Wildman–Crippen LogP) is 2.08. The number of benzene rings is 1. The maximum atomic E-state index is 11.0. The summed E-state index contributed by atoms with van der Waals surface area (Å²) < 4.78 is 1.38. The van der Waals surface area contributed by atoms with Crippen molar-refractivity contribution >= 4 is 17.3 Å². The quantitative estimate of drug-likeness (QED) is 0.674. The van der Waals surface area contributed by atoms with Crippen LogP contribution in [0.15, 0.2) is 24.4 Å². The lowest BCUT2D eigenvalue weighted by molar-refractivity contribution is -0.384. The zero-order valence-corrected chi connectivity index (χ0v) is 11.2. The summed E-state index contributed by atoms with van der Waals surface area (Å²) in [5, 5.41) is 22.7. The average Bonchev–Trinajstić information content (AvgIpc) is 3.13. The highest BCUT2D eigenvalue weighted by atomic mass is 35.5. The Morgan fingerprint density at radius 3 is 3.00 bits per heavy atom. The van der Waals surface area contributed by atoms with E-state index in [-0.39, 0.29) is 5.69 Å². The van der Waals surface area contributed by atoms with Gasteiger partial charge in [0.05, 0.1) is 16.8 Å². The lowest BCUT2D eigenvalue weighted by Crippen LogP contribution is -2.15. The molecule has 2 aromatic rings. The van der Waals surface area contributed by atoms with Gasteiger partial charge in [0, 0.05) is 23.7 Å². The molecular formula is C12H12ClN5O2. The van der Waals surface area contributed by atoms with Gasteiger partial charge in [-0.1, -0.05) is 16.8 Å². The van der Waals surface area contributed by atoms with Gasteiger partial charge in [-0.2, -0.15) is 0 Å². The molecule has 1 fully saturated rings. The zero-order chi connectivity index (χ0) is 14.1. The molecule has 0 unspecified atom stereocenters. The molecule has 0 saturated heterocycles. The molecule has 20 heavy (non-hydrogen) atoms. The van der Waals surface area contributed by atoms with E-state index >= 15 is 0 Å². The second kappa shape index (κ2) is 5.18. The van der Waals surface area contributed by atoms with E-state index in [1.165, 1.54) is 35.7 Å². The van der Waals surface area contributed by atoms with E-state index in [1.54, 1.807) is 6.20 Å². The van der Waals surface area contributed by atoms with Gasteiger partial charge in [-0.05, 0) is 25.0 Å². The number of halogens is 1. The summed E-state index contributed by atoms with van der Waals surface area (Å²) in [6.07, 6.45) is 4.05. The summed E-state index contributed by atoms with van der Waals surface area (Å²) in [5.41, 5.74) is 1.000. The summed E-state index contributed by atoms with van der Waals surface area (Å²) in [4.78, 5) is 10.6. The molecule has 1 heterocycles. The van der Waals surface area contributed by atoms with E-state index < -0.39 is 4.92 Å². The van der Waals surface area contributed by atoms with Gasteiger partial charge < -0.3 is 5.32 Å². The molecule has 104 valence electrons. The number of nitrogens with zero attached hydrogens (tertiary/aromatic N) is 4. The van der Waals surface area contributed by atoms with Crippen molar-refractivity contribution in [3.63, 3.8) is 0 Å². The van der Waals surface area contributed by atoms with Crippen LogP contribution in [0.3, 0.4) is 0 Å². The molecule has 3 rings (SSSR count). The van der Waals surface area contributed by atoms with E-state index in [0.717, 1.165) is 5.69 Å². The Morgan fingerprint density at radius 2 is 2.30 bits per heavy atom. The third kappa shape index (κ3) is 2.78. The van der Waals surface area contributed by atoms with Crippen molar-refractivity contribution in [3.05, 3.63) is 45.2 Å². The number of aromatic nitrogens is 3. The van der Waals surface area contributed by atoms with Crippen molar-refractivity contribution in [2.75, 3.05) is 0 Å². The molecule has 0 radical (unpaired) electrons. The van der Waals surface area contributed by atoms with E-state index in [4.69, 9.17) is 11.6 Å². The summed E-state index contributed by atoms with van der Waals surface area (Å²) in [6, 6.07) is 4.92. The highest BCUT2D eigenvalue weighted by molar-refractivity contribution is 6.30. The standard InChI is InChI=1S/C12H12ClN5O2/c13-8-1-4-11(18(19)20)12(5-8)17-7-10(15-16-17)6-14-9-2-3-9/h1,4-5,7,9,14H,2-3,6H2. The fourth-order valence-corrected chi connectivity index (χ4v) is 2.03. The number of nitrogens with one attached hydrogen (secondary N) is 1. The molecule has 1 aliphatic rings. The van der Waals surface area contributed by atoms with Gasteiger partial charge in [0.1, 0.15) is 5.69 Å². The van der Waals surface area contributed by atoms with Gasteiger partial charge in [0.25, 0.3) is 5.69 Å². The largest absolute Gasteiger partial charge is 0.308 e. The Bertz CT molecular complexity index is 653. The zero-order valence-electron chi connectivity index (χ0n) is 10.5. The van der Waals surface area contributed by atoms with Crippen LogP contribution in [0.1, 0.15) is 18.5 Å². The Morgan fingerprint density at radius 1 is 1.50 bits per heavy atom. The van der Waals surface area contributed by atoms with Gasteiger partial charge in [0.2, 0.25) is 0 Å². The van der Waals surface area contributed by atoms with Crippen LogP contribution in [0.25, 0.3) is 5.69 Å². The molecule has 1 saturated carbocycles. The third-order valence-electron chi connectivity index (χ3n) is 3.07. The van der Waals surface area contributed by atoms with Gasteiger partial charge >= 0.3 is 0 Å². The molecule has 0 spiro atoms. The smallest absolute Gasteiger partial charge is 0.295 e. The highest BCUT2D eigenvalue weighted by Gasteiger charge is 2.21. The van der Waals surface area contributed by atoms with Crippen LogP contribution in [0, 0.1) is 10.1 Å². The molecular weight excluding hydrogens is 282 g/mol. The lowest BCUT2D eigenvalue weighted by atomic mass is 10.2. The highest BCUT2D eigenvalue weighted by Crippen LogP contribution is 2.26. The third-order valence-corrected chi connectivity index (χ3v) is 3.31. The van der Waals surface area contributed by atoms with Crippen LogP contribution in [-0.2, 0) is 6.54 Å². The van der Waals surface area contributed by atoms with Crippen molar-refractivity contribution in [1.29, 1.82) is 0 Å². The molecule has 7 nitrogen and oxygen atoms in total. The monoisotopic (exact) mass is 293 g/mol. The Balaban J connectivity index is 1.87. The van der Waals surface area contributed by atoms with Crippen LogP contribution in [0.4, 0.5) is 5.69 Å². The molecule has 0 atom stereocenters. The Kier molecular flexibility index (Phi) is 3.37. The molecule has 0 aliphatic heterocycles. The first kappa shape index (κ1) is 13.0. The van der Waals surface area contributed by atoms with Crippen molar-refractivity contribution in [1.82, 2.24) is 20.3 Å². The van der Waals surface area contributed by atoms with Gasteiger partial charge in [0.15, 0.2) is 0 Å². The van der Waals surface area contributed by atoms with Crippen molar-refractivity contribution in [2.45, 2.75) is 25.4 Å². The van der Waals surface area contributed by atoms with Crippen LogP contribution in [0.5, 0.6) is 0 Å². The Hall–Kier alpha value is -1.99. The van der Waals surface area contributed by atoms with E-state index in [1.807, 2.05) is 0 Å². The Labute approximate surface area is 119 Å². The number of nitro benzene ring substituents is 1. The number of hydrogen-bond acceptors (Lipinski definition) is 5. The van der Waals surface area contributed by atoms with Crippen LogP contribution >= 0.6 is 11.6 Å². The van der Waals surface area contributed by atoms with Crippen molar-refractivity contribution in [3.8, 4) is 5.69 Å². The van der Waals surface area contributed by atoms with Gasteiger partial charge in [-0.25, -0.2) is 4.68 Å². The average molecular weight is 294 g/mol. The molecule has 1 N–H and O–H groups in total. The van der Waals surface area contributed by atoms with E-state index in [0.29, 0.717) is 23.3 Å². The second-order valence-electron chi connectivity index (χ2n) is 4.70. The minimum Gasteiger partial charge on any atom is -0.308 e. The van der Waals surface area contributed by atoms with Gasteiger partial charge in [-0.15, -0.1) is 5.10 Å². The predicted molar refractivity (Wildman–Crippen MR) is 72.9 cm³/mol. The molecule has 8 heteroatoms. The maximum Gasteiger partial charge on any atom is 0.295 e. The summed E-state index contributed by atoms with van der Waals surface area (Å²) >= 11 is 5.89. The minimum atomic E-state index is -0.463. The first-order chi connectivity index (χ1) is 9.63. The minimum absolute atomic E-state index is 0.0546. The molecule has 1 aliphatic carbocycles. The molecule has 0 bridgehead atoms. The topological polar surface area (TPSA) is 85.9 Å². The van der Waals surface area contributed by atoms with Crippen LogP contribution in [0.2, 0.25) is 5.02 Å². The first-order valence-electron chi connectivity index (χ1n) is 6.22. The SMILES string of the molecule is O=[N+]([O-])c1ccc(Cl)cc1-n1cc(CNC2CC2)nn1. The number of hydrogen-bond donors (Lipinski definition) is 1. The van der Waals surface area contributed by atoms with Crippen molar-refractivity contribution < 1.29 is 4.92 Å². The van der Waals surface area contributed by atoms with E-state index in [9.17, 15) is 10.1 Å². The van der Waals surface area contributed by atoms with Crippen LogP contribution < -0.4 is 5.32 Å². The fraction of sp³-hybridized carbons (Fsp3) is 0.333. The van der Waals surface area contributed by atoms with Crippen molar-refractivity contribution in [2.24, 2.45) is 0 Å². The summed E-state index contributed by atoms with van der Waals surface area (Å²) in [7, 11) is 0. The number of nitro groups is 1. The normalized spacial score (nSPS) is 14.4. The number of rotatable bonds is 5. The first-order valence-corrected chi connectivity index (χ1v) is 6.60. The van der Waals surface area contributed by atoms with E-state index in [2.05, 4.69) is 15.6 Å². The fourth-order valence-electron chi connectivity index (χ4n) is 1.87. The summed E-state index contributed by atoms with van der Waals surface area (Å²) in [5.74, 6) is 0. The maximum absolute atomic E-state index is 11.0. The second-order valence-corrected chi connectivity index (χ2v) is 5.14. The molecule has 0 amide bonds. The lowest BCUT2D eigenvalue weighted by Gasteiger charge is -2.02. The molecule has 1 aromatic heterocycles.